The van der Waals surface area contributed by atoms with Crippen molar-refractivity contribution in [1.82, 2.24) is 10.5 Å². The zero-order chi connectivity index (χ0) is 9.68. The molecule has 1 aromatic heterocycles. The van der Waals surface area contributed by atoms with E-state index in [1.54, 1.807) is 13.0 Å². The lowest BCUT2D eigenvalue weighted by atomic mass is 10.3. The third-order valence-electron chi connectivity index (χ3n) is 1.32. The summed E-state index contributed by atoms with van der Waals surface area (Å²) in [6.07, 6.45) is 2.90. The topological polar surface area (TPSA) is 51.2 Å². The van der Waals surface area contributed by atoms with Gasteiger partial charge in [0.1, 0.15) is 0 Å². The summed E-state index contributed by atoms with van der Waals surface area (Å²) in [5, 5.41) is 0.354. The van der Waals surface area contributed by atoms with Crippen LogP contribution >= 0.6 is 11.6 Å². The van der Waals surface area contributed by atoms with Crippen molar-refractivity contribution in [3.8, 4) is 0 Å². The normalized spacial score (nSPS) is 9.69. The Balaban J connectivity index is 2.71. The lowest BCUT2D eigenvalue weighted by Gasteiger charge is -2.03. The maximum absolute atomic E-state index is 11.3. The number of nitrogens with one attached hydrogen (secondary N) is 1. The van der Waals surface area contributed by atoms with E-state index in [-0.39, 0.29) is 5.91 Å². The molecule has 0 aromatic carbocycles. The van der Waals surface area contributed by atoms with Crippen LogP contribution in [0.25, 0.3) is 0 Å². The predicted octanol–water partition coefficient (Wildman–Crippen LogP) is 1.42. The number of rotatable bonds is 3. The molecule has 0 unspecified atom stereocenters. The van der Waals surface area contributed by atoms with E-state index in [4.69, 9.17) is 16.4 Å². The minimum atomic E-state index is -0.389. The van der Waals surface area contributed by atoms with Crippen LogP contribution in [0.5, 0.6) is 0 Å². The van der Waals surface area contributed by atoms with Crippen molar-refractivity contribution >= 4 is 17.5 Å². The summed E-state index contributed by atoms with van der Waals surface area (Å²) in [7, 11) is 0. The molecule has 1 amide bonds. The fraction of sp³-hybridized carbons (Fsp3) is 0.250. The quantitative estimate of drug-likeness (QED) is 0.751. The molecule has 1 N–H and O–H groups in total. The van der Waals surface area contributed by atoms with Gasteiger partial charge in [0.15, 0.2) is 0 Å². The maximum atomic E-state index is 11.3. The van der Waals surface area contributed by atoms with Crippen LogP contribution in [0.3, 0.4) is 0 Å². The van der Waals surface area contributed by atoms with Gasteiger partial charge in [0.25, 0.3) is 5.91 Å². The van der Waals surface area contributed by atoms with Crippen LogP contribution in [0.2, 0.25) is 5.02 Å². The van der Waals surface area contributed by atoms with Crippen LogP contribution in [0, 0.1) is 0 Å². The van der Waals surface area contributed by atoms with E-state index in [1.165, 1.54) is 12.4 Å². The molecular weight excluding hydrogens is 192 g/mol. The van der Waals surface area contributed by atoms with Crippen LogP contribution in [-0.2, 0) is 4.84 Å². The van der Waals surface area contributed by atoms with Gasteiger partial charge in [-0.3, -0.25) is 14.6 Å². The van der Waals surface area contributed by atoms with E-state index >= 15 is 0 Å². The number of carbonyl (C=O) groups is 1. The highest BCUT2D eigenvalue weighted by Gasteiger charge is 2.08. The molecule has 70 valence electrons. The number of hydrogen-bond acceptors (Lipinski definition) is 3. The number of amides is 1. The Hall–Kier alpha value is -1.13. The van der Waals surface area contributed by atoms with E-state index in [9.17, 15) is 4.79 Å². The lowest BCUT2D eigenvalue weighted by Crippen LogP contribution is -2.23. The Labute approximate surface area is 80.8 Å². The van der Waals surface area contributed by atoms with E-state index in [1.807, 2.05) is 0 Å². The molecule has 0 saturated carbocycles. The number of nitrogens with zero attached hydrogens (tertiary/aromatic N) is 1. The number of carbonyl (C=O) groups excluding carboxylic acids is 1. The summed E-state index contributed by atoms with van der Waals surface area (Å²) in [5.74, 6) is -0.389. The molecule has 4 nitrogen and oxygen atoms in total. The summed E-state index contributed by atoms with van der Waals surface area (Å²) in [5.41, 5.74) is 2.53. The van der Waals surface area contributed by atoms with Gasteiger partial charge in [-0.05, 0) is 13.0 Å². The van der Waals surface area contributed by atoms with Gasteiger partial charge in [0.2, 0.25) is 0 Å². The van der Waals surface area contributed by atoms with Gasteiger partial charge < -0.3 is 0 Å². The molecule has 0 radical (unpaired) electrons. The second kappa shape index (κ2) is 4.79. The average Bonchev–Trinajstić information content (AvgIpc) is 2.15. The van der Waals surface area contributed by atoms with Crippen molar-refractivity contribution in [1.29, 1.82) is 0 Å². The average molecular weight is 201 g/mol. The summed E-state index contributed by atoms with van der Waals surface area (Å²) in [6.45, 7) is 2.18. The monoisotopic (exact) mass is 200 g/mol. The predicted molar refractivity (Wildman–Crippen MR) is 48.3 cm³/mol. The zero-order valence-corrected chi connectivity index (χ0v) is 7.84. The maximum Gasteiger partial charge on any atom is 0.277 e. The van der Waals surface area contributed by atoms with Gasteiger partial charge in [-0.2, -0.15) is 0 Å². The van der Waals surface area contributed by atoms with Gasteiger partial charge in [-0.15, -0.1) is 0 Å². The Morgan fingerprint density at radius 1 is 1.77 bits per heavy atom. The third kappa shape index (κ3) is 2.68. The van der Waals surface area contributed by atoms with E-state index in [0.717, 1.165) is 0 Å². The van der Waals surface area contributed by atoms with Crippen LogP contribution in [0.1, 0.15) is 17.3 Å². The number of halogens is 1. The Morgan fingerprint density at radius 2 is 2.54 bits per heavy atom. The first-order valence-corrected chi connectivity index (χ1v) is 4.15. The molecule has 1 heterocycles. The molecule has 0 aliphatic rings. The molecule has 1 rings (SSSR count). The molecule has 0 fully saturated rings. The summed E-state index contributed by atoms with van der Waals surface area (Å²) in [6, 6.07) is 1.54. The van der Waals surface area contributed by atoms with Crippen LogP contribution < -0.4 is 5.48 Å². The van der Waals surface area contributed by atoms with Gasteiger partial charge in [-0.25, -0.2) is 5.48 Å². The standard InChI is InChI=1S/C8H9ClN2O2/c1-2-13-11-8(12)6-5-10-4-3-7(6)9/h3-5H,2H2,1H3,(H,11,12). The highest BCUT2D eigenvalue weighted by atomic mass is 35.5. The zero-order valence-electron chi connectivity index (χ0n) is 7.08. The number of pyridine rings is 1. The highest BCUT2D eigenvalue weighted by molar-refractivity contribution is 6.33. The Bertz CT molecular complexity index is 304. The van der Waals surface area contributed by atoms with E-state index in [2.05, 4.69) is 10.5 Å². The molecule has 0 aliphatic carbocycles. The number of aromatic nitrogens is 1. The Kier molecular flexibility index (Phi) is 3.67. The van der Waals surface area contributed by atoms with Gasteiger partial charge in [-0.1, -0.05) is 11.6 Å². The van der Waals surface area contributed by atoms with Crippen molar-refractivity contribution in [3.05, 3.63) is 29.0 Å². The van der Waals surface area contributed by atoms with Crippen molar-refractivity contribution in [3.63, 3.8) is 0 Å². The fourth-order valence-electron chi connectivity index (χ4n) is 0.737. The molecule has 0 bridgehead atoms. The molecule has 0 spiro atoms. The Morgan fingerprint density at radius 3 is 3.15 bits per heavy atom. The van der Waals surface area contributed by atoms with Crippen LogP contribution in [0.4, 0.5) is 0 Å². The van der Waals surface area contributed by atoms with Crippen molar-refractivity contribution in [2.45, 2.75) is 6.92 Å². The van der Waals surface area contributed by atoms with Gasteiger partial charge >= 0.3 is 0 Å². The van der Waals surface area contributed by atoms with Crippen molar-refractivity contribution < 1.29 is 9.63 Å². The minimum Gasteiger partial charge on any atom is -0.274 e. The summed E-state index contributed by atoms with van der Waals surface area (Å²) in [4.78, 5) is 19.8. The largest absolute Gasteiger partial charge is 0.277 e. The molecule has 1 aromatic rings. The minimum absolute atomic E-state index is 0.303. The van der Waals surface area contributed by atoms with Crippen molar-refractivity contribution in [2.75, 3.05) is 6.61 Å². The smallest absolute Gasteiger partial charge is 0.274 e. The van der Waals surface area contributed by atoms with Crippen LogP contribution in [0.15, 0.2) is 18.5 Å². The van der Waals surface area contributed by atoms with Crippen LogP contribution in [-0.4, -0.2) is 17.5 Å². The molecule has 13 heavy (non-hydrogen) atoms. The first kappa shape index (κ1) is 9.95. The van der Waals surface area contributed by atoms with Gasteiger partial charge in [0.05, 0.1) is 17.2 Å². The fourth-order valence-corrected chi connectivity index (χ4v) is 0.928. The summed E-state index contributed by atoms with van der Waals surface area (Å²) >= 11 is 5.74. The number of hydrogen-bond donors (Lipinski definition) is 1. The second-order valence-corrected chi connectivity index (χ2v) is 2.63. The second-order valence-electron chi connectivity index (χ2n) is 2.22. The lowest BCUT2D eigenvalue weighted by molar-refractivity contribution is 0.0364. The first-order valence-electron chi connectivity index (χ1n) is 3.77. The molecule has 0 aliphatic heterocycles. The summed E-state index contributed by atoms with van der Waals surface area (Å²) < 4.78 is 0. The van der Waals surface area contributed by atoms with Gasteiger partial charge in [0, 0.05) is 12.4 Å². The third-order valence-corrected chi connectivity index (χ3v) is 1.65. The highest BCUT2D eigenvalue weighted by Crippen LogP contribution is 2.12. The molecule has 0 saturated heterocycles. The van der Waals surface area contributed by atoms with E-state index < -0.39 is 0 Å². The number of hydroxylamine groups is 1. The van der Waals surface area contributed by atoms with E-state index in [0.29, 0.717) is 17.2 Å². The molecule has 5 heteroatoms. The molecular formula is C8H9ClN2O2. The molecule has 0 atom stereocenters. The SMILES string of the molecule is CCONC(=O)c1cnccc1Cl. The first-order chi connectivity index (χ1) is 6.25. The van der Waals surface area contributed by atoms with Crippen molar-refractivity contribution in [2.24, 2.45) is 0 Å².